The third kappa shape index (κ3) is 3.07. The summed E-state index contributed by atoms with van der Waals surface area (Å²) in [7, 11) is 0. The zero-order valence-corrected chi connectivity index (χ0v) is 10.6. The quantitative estimate of drug-likeness (QED) is 0.927. The van der Waals surface area contributed by atoms with E-state index in [1.165, 1.54) is 35.5 Å². The number of aryl methyl sites for hydroxylation is 1. The second-order valence-corrected chi connectivity index (χ2v) is 4.29. The molecule has 0 saturated carbocycles. The Morgan fingerprint density at radius 1 is 1.33 bits per heavy atom. The van der Waals surface area contributed by atoms with Gasteiger partial charge in [0.05, 0.1) is 6.54 Å². The van der Waals surface area contributed by atoms with Crippen molar-refractivity contribution in [3.8, 4) is 11.5 Å². The van der Waals surface area contributed by atoms with E-state index in [1.807, 2.05) is 0 Å². The van der Waals surface area contributed by atoms with E-state index in [2.05, 4.69) is 24.9 Å². The molecule has 7 nitrogen and oxygen atoms in total. The lowest BCUT2D eigenvalue weighted by Crippen LogP contribution is -2.25. The first kappa shape index (κ1) is 13.3. The lowest BCUT2D eigenvalue weighted by molar-refractivity contribution is -0.286. The van der Waals surface area contributed by atoms with Crippen LogP contribution >= 0.6 is 0 Å². The number of carbonyl (C=O) groups is 1. The van der Waals surface area contributed by atoms with Crippen LogP contribution in [0.3, 0.4) is 0 Å². The first-order valence-corrected chi connectivity index (χ1v) is 6.04. The van der Waals surface area contributed by atoms with Gasteiger partial charge in [0.1, 0.15) is 12.7 Å². The fourth-order valence-corrected chi connectivity index (χ4v) is 1.81. The van der Waals surface area contributed by atoms with Crippen LogP contribution in [0.25, 0.3) is 0 Å². The summed E-state index contributed by atoms with van der Waals surface area (Å²) in [4.78, 5) is 15.5. The predicted molar refractivity (Wildman–Crippen MR) is 65.9 cm³/mol. The van der Waals surface area contributed by atoms with Crippen LogP contribution in [-0.2, 0) is 11.3 Å². The number of rotatable bonds is 4. The van der Waals surface area contributed by atoms with Gasteiger partial charge in [-0.15, -0.1) is 8.78 Å². The molecule has 1 aromatic carbocycles. The summed E-state index contributed by atoms with van der Waals surface area (Å²) in [6.45, 7) is 0.370. The average molecular weight is 296 g/mol. The van der Waals surface area contributed by atoms with Crippen LogP contribution in [0.15, 0.2) is 30.9 Å². The van der Waals surface area contributed by atoms with Crippen LogP contribution in [-0.4, -0.2) is 27.0 Å². The Morgan fingerprint density at radius 3 is 2.90 bits per heavy atom. The van der Waals surface area contributed by atoms with Crippen molar-refractivity contribution in [2.75, 3.05) is 5.32 Å². The molecular weight excluding hydrogens is 286 g/mol. The van der Waals surface area contributed by atoms with E-state index in [0.717, 1.165) is 0 Å². The number of hydrogen-bond donors (Lipinski definition) is 1. The number of hydrogen-bond acceptors (Lipinski definition) is 5. The van der Waals surface area contributed by atoms with Crippen molar-refractivity contribution in [3.05, 3.63) is 30.9 Å². The van der Waals surface area contributed by atoms with Crippen molar-refractivity contribution in [3.63, 3.8) is 0 Å². The smallest absolute Gasteiger partial charge is 0.395 e. The van der Waals surface area contributed by atoms with Crippen LogP contribution < -0.4 is 14.8 Å². The summed E-state index contributed by atoms with van der Waals surface area (Å²) in [5.41, 5.74) is 0.346. The maximum atomic E-state index is 12.9. The van der Waals surface area contributed by atoms with Crippen LogP contribution in [0, 0.1) is 0 Å². The van der Waals surface area contributed by atoms with Crippen LogP contribution in [0.4, 0.5) is 14.5 Å². The van der Waals surface area contributed by atoms with Crippen LogP contribution in [0.1, 0.15) is 6.42 Å². The normalized spacial score (nSPS) is 15.0. The van der Waals surface area contributed by atoms with Crippen molar-refractivity contribution in [1.82, 2.24) is 14.8 Å². The van der Waals surface area contributed by atoms with Crippen molar-refractivity contribution in [2.45, 2.75) is 19.3 Å². The summed E-state index contributed by atoms with van der Waals surface area (Å²) in [5, 5.41) is 6.44. The lowest BCUT2D eigenvalue weighted by Gasteiger charge is -2.06. The van der Waals surface area contributed by atoms with E-state index in [4.69, 9.17) is 0 Å². The number of aromatic nitrogens is 3. The van der Waals surface area contributed by atoms with E-state index in [9.17, 15) is 13.6 Å². The van der Waals surface area contributed by atoms with E-state index >= 15 is 0 Å². The molecule has 21 heavy (non-hydrogen) atoms. The predicted octanol–water partition coefficient (Wildman–Crippen LogP) is 1.63. The first-order valence-electron chi connectivity index (χ1n) is 6.04. The maximum Gasteiger partial charge on any atom is 0.586 e. The molecule has 9 heteroatoms. The Hall–Kier alpha value is -2.71. The fraction of sp³-hybridized carbons (Fsp3) is 0.250. The molecule has 1 aliphatic rings. The van der Waals surface area contributed by atoms with Gasteiger partial charge in [0.2, 0.25) is 5.91 Å². The van der Waals surface area contributed by atoms with Crippen molar-refractivity contribution in [2.24, 2.45) is 0 Å². The molecule has 0 aliphatic carbocycles. The van der Waals surface area contributed by atoms with Gasteiger partial charge in [-0.05, 0) is 12.1 Å². The molecule has 2 heterocycles. The fourth-order valence-electron chi connectivity index (χ4n) is 1.81. The Balaban J connectivity index is 1.60. The number of halogens is 2. The summed E-state index contributed by atoms with van der Waals surface area (Å²) in [5.74, 6) is -0.467. The number of carbonyl (C=O) groups excluding carboxylic acids is 1. The van der Waals surface area contributed by atoms with Crippen molar-refractivity contribution >= 4 is 11.6 Å². The number of amides is 1. The van der Waals surface area contributed by atoms with E-state index in [0.29, 0.717) is 12.2 Å². The zero-order valence-electron chi connectivity index (χ0n) is 10.6. The molecule has 0 fully saturated rings. The minimum Gasteiger partial charge on any atom is -0.395 e. The zero-order chi connectivity index (χ0) is 14.9. The molecule has 0 saturated heterocycles. The summed E-state index contributed by atoms with van der Waals surface area (Å²) >= 11 is 0. The molecule has 0 bridgehead atoms. The summed E-state index contributed by atoms with van der Waals surface area (Å²) < 4.78 is 35.8. The maximum absolute atomic E-state index is 12.9. The van der Waals surface area contributed by atoms with Crippen LogP contribution in [0.2, 0.25) is 0 Å². The Labute approximate surface area is 117 Å². The van der Waals surface area contributed by atoms with Crippen molar-refractivity contribution < 1.29 is 23.0 Å². The Kier molecular flexibility index (Phi) is 3.16. The second kappa shape index (κ2) is 5.00. The first-order chi connectivity index (χ1) is 10.0. The molecule has 110 valence electrons. The molecule has 1 amide bonds. The standard InChI is InChI=1S/C12H10F2N4O3/c13-12(14)20-9-2-1-8(5-10(9)21-12)17-11(19)3-4-18-7-15-6-16-18/h1-2,5-7H,3-4H2,(H,17,19). The SMILES string of the molecule is O=C(CCn1cncn1)Nc1ccc2c(c1)OC(F)(F)O2. The number of nitrogens with zero attached hydrogens (tertiary/aromatic N) is 3. The molecule has 3 rings (SSSR count). The minimum atomic E-state index is -3.67. The highest BCUT2D eigenvalue weighted by molar-refractivity contribution is 5.91. The molecule has 1 aromatic heterocycles. The van der Waals surface area contributed by atoms with Gasteiger partial charge in [0, 0.05) is 18.2 Å². The Bertz CT molecular complexity index is 661. The third-order valence-electron chi connectivity index (χ3n) is 2.72. The van der Waals surface area contributed by atoms with Gasteiger partial charge in [0.25, 0.3) is 0 Å². The highest BCUT2D eigenvalue weighted by atomic mass is 19.3. The number of alkyl halides is 2. The van der Waals surface area contributed by atoms with Gasteiger partial charge in [-0.25, -0.2) is 4.98 Å². The van der Waals surface area contributed by atoms with Gasteiger partial charge >= 0.3 is 6.29 Å². The van der Waals surface area contributed by atoms with Gasteiger partial charge < -0.3 is 14.8 Å². The van der Waals surface area contributed by atoms with Gasteiger partial charge in [-0.2, -0.15) is 5.10 Å². The molecular formula is C12H10F2N4O3. The van der Waals surface area contributed by atoms with Gasteiger partial charge in [-0.1, -0.05) is 0 Å². The number of ether oxygens (including phenoxy) is 2. The average Bonchev–Trinajstić information content (AvgIpc) is 3.01. The summed E-state index contributed by atoms with van der Waals surface area (Å²) in [6.07, 6.45) is -0.627. The monoisotopic (exact) mass is 296 g/mol. The Morgan fingerprint density at radius 2 is 2.14 bits per heavy atom. The second-order valence-electron chi connectivity index (χ2n) is 4.29. The third-order valence-corrected chi connectivity index (χ3v) is 2.72. The lowest BCUT2D eigenvalue weighted by atomic mass is 10.2. The number of anilines is 1. The number of nitrogens with one attached hydrogen (secondary N) is 1. The van der Waals surface area contributed by atoms with Gasteiger partial charge in [0.15, 0.2) is 11.5 Å². The van der Waals surface area contributed by atoms with Crippen LogP contribution in [0.5, 0.6) is 11.5 Å². The molecule has 0 radical (unpaired) electrons. The van der Waals surface area contributed by atoms with E-state index in [-0.39, 0.29) is 23.8 Å². The molecule has 1 N–H and O–H groups in total. The highest BCUT2D eigenvalue weighted by Gasteiger charge is 2.43. The van der Waals surface area contributed by atoms with Gasteiger partial charge in [-0.3, -0.25) is 9.48 Å². The number of fused-ring (bicyclic) bond motifs is 1. The molecule has 0 unspecified atom stereocenters. The summed E-state index contributed by atoms with van der Waals surface area (Å²) in [6, 6.07) is 4.05. The van der Waals surface area contributed by atoms with E-state index in [1.54, 1.807) is 0 Å². The minimum absolute atomic E-state index is 0.0689. The molecule has 1 aliphatic heterocycles. The topological polar surface area (TPSA) is 78.3 Å². The highest BCUT2D eigenvalue weighted by Crippen LogP contribution is 2.42. The molecule has 2 aromatic rings. The molecule has 0 spiro atoms. The molecule has 0 atom stereocenters. The number of benzene rings is 1. The van der Waals surface area contributed by atoms with Crippen molar-refractivity contribution in [1.29, 1.82) is 0 Å². The van der Waals surface area contributed by atoms with E-state index < -0.39 is 6.29 Å². The largest absolute Gasteiger partial charge is 0.586 e.